The van der Waals surface area contributed by atoms with Crippen LogP contribution >= 0.6 is 0 Å². The van der Waals surface area contributed by atoms with E-state index in [9.17, 15) is 0 Å². The molecule has 2 nitrogen and oxygen atoms in total. The van der Waals surface area contributed by atoms with Gasteiger partial charge in [0.25, 0.3) is 0 Å². The molecule has 0 aliphatic rings. The van der Waals surface area contributed by atoms with E-state index in [4.69, 9.17) is 0 Å². The fourth-order valence-corrected chi connectivity index (χ4v) is 0. The second-order valence-electron chi connectivity index (χ2n) is 1.26. The SMILES string of the molecule is CC[N-]C.CC[N-]C.[Hf].[Hf]. The molecule has 0 saturated carbocycles. The van der Waals surface area contributed by atoms with E-state index < -0.39 is 0 Å². The molecule has 0 aliphatic carbocycles. The Labute approximate surface area is 102 Å². The summed E-state index contributed by atoms with van der Waals surface area (Å²) in [5.41, 5.74) is 0. The molecule has 0 amide bonds. The normalized spacial score (nSPS) is 6.00. The van der Waals surface area contributed by atoms with E-state index in [1.54, 1.807) is 14.1 Å². The number of rotatable bonds is 2. The van der Waals surface area contributed by atoms with Crippen molar-refractivity contribution >= 4 is 0 Å². The van der Waals surface area contributed by atoms with Gasteiger partial charge in [-0.1, -0.05) is 13.8 Å². The van der Waals surface area contributed by atoms with Crippen molar-refractivity contribution in [2.75, 3.05) is 27.2 Å². The molecule has 0 spiro atoms. The molecule has 0 radical (unpaired) electrons. The molecule has 60 valence electrons. The van der Waals surface area contributed by atoms with E-state index in [-0.39, 0.29) is 51.7 Å². The van der Waals surface area contributed by atoms with Crippen LogP contribution in [0.5, 0.6) is 0 Å². The fourth-order valence-electron chi connectivity index (χ4n) is 0. The average molecular weight is 473 g/mol. The van der Waals surface area contributed by atoms with Crippen LogP contribution in [0.15, 0.2) is 0 Å². The maximum atomic E-state index is 3.74. The standard InChI is InChI=1S/2C3H8N.2Hf/c2*1-3-4-2;;/h2*3H2,1-2H3;;/q2*-1;;. The molecule has 0 N–H and O–H groups in total. The van der Waals surface area contributed by atoms with Crippen molar-refractivity contribution in [1.82, 2.24) is 0 Å². The third-order valence-electron chi connectivity index (χ3n) is 0.632. The van der Waals surface area contributed by atoms with Crippen LogP contribution in [-0.4, -0.2) is 27.2 Å². The van der Waals surface area contributed by atoms with Crippen LogP contribution in [-0.2, 0) is 51.7 Å². The largest absolute Gasteiger partial charge is 0.665 e. The summed E-state index contributed by atoms with van der Waals surface area (Å²) in [5.74, 6) is 0. The second-order valence-corrected chi connectivity index (χ2v) is 1.26. The Balaban J connectivity index is -0.0000000300. The minimum absolute atomic E-state index is 0. The minimum Gasteiger partial charge on any atom is -0.665 e. The molecule has 0 fully saturated rings. The first-order valence-electron chi connectivity index (χ1n) is 2.94. The van der Waals surface area contributed by atoms with Crippen LogP contribution in [0.4, 0.5) is 0 Å². The first kappa shape index (κ1) is 22.6. The van der Waals surface area contributed by atoms with Crippen molar-refractivity contribution < 1.29 is 51.7 Å². The maximum absolute atomic E-state index is 3.74. The smallest absolute Gasteiger partial charge is 0 e. The molecular weight excluding hydrogens is 457 g/mol. The zero-order chi connectivity index (χ0) is 6.83. The predicted octanol–water partition coefficient (Wildman–Crippen LogP) is 2.01. The summed E-state index contributed by atoms with van der Waals surface area (Å²) in [6.45, 7) is 5.92. The minimum atomic E-state index is 0. The summed E-state index contributed by atoms with van der Waals surface area (Å²) < 4.78 is 0. The molecule has 0 rings (SSSR count). The van der Waals surface area contributed by atoms with Crippen molar-refractivity contribution in [1.29, 1.82) is 0 Å². The third kappa shape index (κ3) is 54.1. The van der Waals surface area contributed by atoms with Gasteiger partial charge in [-0.3, -0.25) is 0 Å². The van der Waals surface area contributed by atoms with Gasteiger partial charge in [0.2, 0.25) is 0 Å². The topological polar surface area (TPSA) is 28.2 Å². The maximum Gasteiger partial charge on any atom is 0 e. The van der Waals surface area contributed by atoms with Gasteiger partial charge in [0.1, 0.15) is 0 Å². The quantitative estimate of drug-likeness (QED) is 0.550. The van der Waals surface area contributed by atoms with Gasteiger partial charge in [-0.05, 0) is 0 Å². The van der Waals surface area contributed by atoms with E-state index in [1.165, 1.54) is 0 Å². The number of hydrogen-bond acceptors (Lipinski definition) is 0. The van der Waals surface area contributed by atoms with E-state index in [2.05, 4.69) is 10.6 Å². The Hall–Kier alpha value is 1.66. The van der Waals surface area contributed by atoms with Crippen molar-refractivity contribution in [3.8, 4) is 0 Å². The second kappa shape index (κ2) is 31.1. The van der Waals surface area contributed by atoms with Crippen LogP contribution in [0.3, 0.4) is 0 Å². The van der Waals surface area contributed by atoms with Gasteiger partial charge < -0.3 is 10.6 Å². The Morgan fingerprint density at radius 2 is 0.900 bits per heavy atom. The first-order valence-corrected chi connectivity index (χ1v) is 2.94. The van der Waals surface area contributed by atoms with Crippen LogP contribution in [0.1, 0.15) is 13.8 Å². The third-order valence-corrected chi connectivity index (χ3v) is 0.632. The average Bonchev–Trinajstić information content (AvgIpc) is 1.88. The van der Waals surface area contributed by atoms with Crippen LogP contribution in [0.25, 0.3) is 10.6 Å². The van der Waals surface area contributed by atoms with Gasteiger partial charge in [0, 0.05) is 51.7 Å². The van der Waals surface area contributed by atoms with Gasteiger partial charge in [0.05, 0.1) is 0 Å². The van der Waals surface area contributed by atoms with E-state index in [0.29, 0.717) is 0 Å². The molecular formula is C6H16Hf2N2-2. The van der Waals surface area contributed by atoms with Crippen LogP contribution < -0.4 is 0 Å². The molecule has 0 aromatic heterocycles. The van der Waals surface area contributed by atoms with Gasteiger partial charge in [-0.25, -0.2) is 0 Å². The summed E-state index contributed by atoms with van der Waals surface area (Å²) in [4.78, 5) is 0. The van der Waals surface area contributed by atoms with E-state index in [1.807, 2.05) is 13.8 Å². The molecule has 0 bridgehead atoms. The first-order chi connectivity index (χ1) is 3.83. The molecule has 0 saturated heterocycles. The molecule has 0 heterocycles. The zero-order valence-corrected chi connectivity index (χ0v) is 14.5. The van der Waals surface area contributed by atoms with E-state index >= 15 is 0 Å². The molecule has 0 atom stereocenters. The summed E-state index contributed by atoms with van der Waals surface area (Å²) in [7, 11) is 3.61. The number of hydrogen-bond donors (Lipinski definition) is 0. The Morgan fingerprint density at radius 1 is 0.800 bits per heavy atom. The van der Waals surface area contributed by atoms with Crippen molar-refractivity contribution in [3.63, 3.8) is 0 Å². The molecule has 0 unspecified atom stereocenters. The summed E-state index contributed by atoms with van der Waals surface area (Å²) in [6.07, 6.45) is 0. The predicted molar refractivity (Wildman–Crippen MR) is 39.6 cm³/mol. The van der Waals surface area contributed by atoms with Gasteiger partial charge >= 0.3 is 0 Å². The molecule has 0 aliphatic heterocycles. The number of nitrogens with zero attached hydrogens (tertiary/aromatic N) is 2. The molecule has 0 aromatic carbocycles. The summed E-state index contributed by atoms with van der Waals surface area (Å²) >= 11 is 0. The fraction of sp³-hybridized carbons (Fsp3) is 1.00. The molecule has 10 heavy (non-hydrogen) atoms. The monoisotopic (exact) mass is 476 g/mol. The molecule has 0 aromatic rings. The van der Waals surface area contributed by atoms with Crippen LogP contribution in [0.2, 0.25) is 0 Å². The van der Waals surface area contributed by atoms with Crippen molar-refractivity contribution in [3.05, 3.63) is 10.6 Å². The summed E-state index contributed by atoms with van der Waals surface area (Å²) in [6, 6.07) is 0. The summed E-state index contributed by atoms with van der Waals surface area (Å²) in [5, 5.41) is 7.47. The van der Waals surface area contributed by atoms with Crippen molar-refractivity contribution in [2.24, 2.45) is 0 Å². The van der Waals surface area contributed by atoms with Gasteiger partial charge in [-0.15, -0.1) is 0 Å². The van der Waals surface area contributed by atoms with Crippen molar-refractivity contribution in [2.45, 2.75) is 13.8 Å². The Kier molecular flexibility index (Phi) is 70.1. The van der Waals surface area contributed by atoms with Crippen LogP contribution in [0, 0.1) is 0 Å². The van der Waals surface area contributed by atoms with E-state index in [0.717, 1.165) is 13.1 Å². The van der Waals surface area contributed by atoms with Gasteiger partial charge in [-0.2, -0.15) is 27.2 Å². The Morgan fingerprint density at radius 3 is 0.900 bits per heavy atom. The Bertz CT molecular complexity index is 21.7. The molecule has 4 heteroatoms. The van der Waals surface area contributed by atoms with Gasteiger partial charge in [0.15, 0.2) is 0 Å². The zero-order valence-electron chi connectivity index (χ0n) is 7.31.